The maximum atomic E-state index is 12.5. The van der Waals surface area contributed by atoms with Crippen molar-refractivity contribution in [2.24, 2.45) is 0 Å². The summed E-state index contributed by atoms with van der Waals surface area (Å²) in [7, 11) is 3.06. The van der Waals surface area contributed by atoms with Crippen molar-refractivity contribution < 1.29 is 19.4 Å². The van der Waals surface area contributed by atoms with E-state index in [2.05, 4.69) is 5.32 Å². The van der Waals surface area contributed by atoms with Crippen molar-refractivity contribution in [3.63, 3.8) is 0 Å². The lowest BCUT2D eigenvalue weighted by Gasteiger charge is -2.17. The molecule has 0 bridgehead atoms. The fraction of sp³-hybridized carbons (Fsp3) is 0.350. The average Bonchev–Trinajstić information content (AvgIpc) is 2.67. The lowest BCUT2D eigenvalue weighted by molar-refractivity contribution is 0.0948. The molecule has 0 aliphatic carbocycles. The molecule has 0 aromatic heterocycles. The summed E-state index contributed by atoms with van der Waals surface area (Å²) in [6.07, 6.45) is 1.42. The van der Waals surface area contributed by atoms with Crippen LogP contribution in [0.4, 0.5) is 0 Å². The Balaban J connectivity index is 2.00. The van der Waals surface area contributed by atoms with Gasteiger partial charge in [-0.2, -0.15) is 0 Å². The smallest absolute Gasteiger partial charge is 0.255 e. The first kappa shape index (κ1) is 18.8. The van der Waals surface area contributed by atoms with E-state index in [1.165, 1.54) is 12.7 Å². The molecule has 0 saturated carbocycles. The minimum atomic E-state index is -0.202. The molecular weight excluding hydrogens is 318 g/mol. The lowest BCUT2D eigenvalue weighted by Crippen LogP contribution is -2.26. The minimum Gasteiger partial charge on any atom is -0.493 e. The number of carbonyl (C=O) groups is 1. The van der Waals surface area contributed by atoms with Gasteiger partial charge in [0.05, 0.1) is 19.8 Å². The molecule has 1 unspecified atom stereocenters. The van der Waals surface area contributed by atoms with Gasteiger partial charge in [-0.3, -0.25) is 4.79 Å². The number of nitrogens with one attached hydrogen (secondary N) is 1. The molecule has 25 heavy (non-hydrogen) atoms. The summed E-state index contributed by atoms with van der Waals surface area (Å²) in [4.78, 5) is 12.5. The van der Waals surface area contributed by atoms with Crippen molar-refractivity contribution in [2.75, 3.05) is 27.4 Å². The van der Waals surface area contributed by atoms with Crippen LogP contribution in [0.15, 0.2) is 48.5 Å². The topological polar surface area (TPSA) is 67.8 Å². The molecule has 1 amide bonds. The average molecular weight is 343 g/mol. The monoisotopic (exact) mass is 343 g/mol. The van der Waals surface area contributed by atoms with Crippen LogP contribution < -0.4 is 14.8 Å². The Hall–Kier alpha value is -2.53. The third-order valence-corrected chi connectivity index (χ3v) is 4.17. The van der Waals surface area contributed by atoms with Crippen molar-refractivity contribution >= 4 is 5.91 Å². The molecule has 5 nitrogen and oxygen atoms in total. The molecule has 2 aromatic carbocycles. The summed E-state index contributed by atoms with van der Waals surface area (Å²) < 4.78 is 10.5. The van der Waals surface area contributed by atoms with E-state index in [1.54, 1.807) is 25.3 Å². The van der Waals surface area contributed by atoms with Crippen molar-refractivity contribution in [2.45, 2.75) is 18.8 Å². The number of benzene rings is 2. The number of para-hydroxylation sites is 1. The van der Waals surface area contributed by atoms with E-state index < -0.39 is 0 Å². The van der Waals surface area contributed by atoms with Crippen molar-refractivity contribution in [3.8, 4) is 11.5 Å². The summed E-state index contributed by atoms with van der Waals surface area (Å²) in [5.74, 6) is 0.959. The van der Waals surface area contributed by atoms with Crippen LogP contribution in [0.3, 0.4) is 0 Å². The van der Waals surface area contributed by atoms with E-state index >= 15 is 0 Å². The second-order valence-corrected chi connectivity index (χ2v) is 5.71. The summed E-state index contributed by atoms with van der Waals surface area (Å²) in [6.45, 7) is 0.635. The zero-order chi connectivity index (χ0) is 18.1. The number of aliphatic hydroxyl groups is 1. The summed E-state index contributed by atoms with van der Waals surface area (Å²) >= 11 is 0. The fourth-order valence-electron chi connectivity index (χ4n) is 2.88. The molecular formula is C20H25NO4. The van der Waals surface area contributed by atoms with Crippen LogP contribution in [-0.4, -0.2) is 38.4 Å². The highest BCUT2D eigenvalue weighted by Gasteiger charge is 2.17. The Morgan fingerprint density at radius 2 is 1.80 bits per heavy atom. The first-order valence-electron chi connectivity index (χ1n) is 8.36. The van der Waals surface area contributed by atoms with Gasteiger partial charge < -0.3 is 19.9 Å². The Morgan fingerprint density at radius 1 is 1.04 bits per heavy atom. The van der Waals surface area contributed by atoms with Gasteiger partial charge in [-0.25, -0.2) is 0 Å². The first-order valence-corrected chi connectivity index (χ1v) is 8.36. The van der Waals surface area contributed by atoms with Crippen LogP contribution in [0.1, 0.15) is 34.7 Å². The molecule has 2 aromatic rings. The fourth-order valence-corrected chi connectivity index (χ4v) is 2.88. The summed E-state index contributed by atoms with van der Waals surface area (Å²) in [5.41, 5.74) is 1.62. The van der Waals surface area contributed by atoms with E-state index in [9.17, 15) is 9.90 Å². The van der Waals surface area contributed by atoms with Crippen LogP contribution in [0.25, 0.3) is 0 Å². The predicted molar refractivity (Wildman–Crippen MR) is 97.4 cm³/mol. The molecule has 0 radical (unpaired) electrons. The van der Waals surface area contributed by atoms with E-state index in [0.717, 1.165) is 6.42 Å². The zero-order valence-electron chi connectivity index (χ0n) is 14.7. The maximum Gasteiger partial charge on any atom is 0.255 e. The van der Waals surface area contributed by atoms with Gasteiger partial charge in [0, 0.05) is 13.2 Å². The second kappa shape index (κ2) is 9.69. The quantitative estimate of drug-likeness (QED) is 0.734. The molecule has 0 aliphatic rings. The molecule has 0 fully saturated rings. The van der Waals surface area contributed by atoms with Crippen LogP contribution in [0.5, 0.6) is 11.5 Å². The number of carbonyl (C=O) groups excluding carboxylic acids is 1. The highest BCUT2D eigenvalue weighted by Crippen LogP contribution is 2.30. The van der Waals surface area contributed by atoms with Gasteiger partial charge in [-0.1, -0.05) is 36.4 Å². The Bertz CT molecular complexity index is 673. The minimum absolute atomic E-state index is 0.122. The number of hydrogen-bond donors (Lipinski definition) is 2. The van der Waals surface area contributed by atoms with Gasteiger partial charge in [0.25, 0.3) is 5.91 Å². The van der Waals surface area contributed by atoms with Crippen molar-refractivity contribution in [1.29, 1.82) is 0 Å². The number of rotatable bonds is 9. The van der Waals surface area contributed by atoms with E-state index in [1.807, 2.05) is 30.3 Å². The Labute approximate surface area is 148 Å². The highest BCUT2D eigenvalue weighted by atomic mass is 16.5. The van der Waals surface area contributed by atoms with E-state index in [-0.39, 0.29) is 18.4 Å². The number of methoxy groups -OCH3 is 2. The van der Waals surface area contributed by atoms with Crippen LogP contribution in [0.2, 0.25) is 0 Å². The number of hydrogen-bond acceptors (Lipinski definition) is 4. The highest BCUT2D eigenvalue weighted by molar-refractivity contribution is 5.97. The molecule has 134 valence electrons. The molecule has 2 N–H and O–H groups in total. The standard InChI is InChI=1S/C20H25NO4/c1-24-18-10-6-9-17(19(18)25-2)20(23)21-13-11-16(12-14-22)15-7-4-3-5-8-15/h3-10,16,22H,11-14H2,1-2H3,(H,21,23). The Morgan fingerprint density at radius 3 is 2.44 bits per heavy atom. The van der Waals surface area contributed by atoms with Crippen molar-refractivity contribution in [3.05, 3.63) is 59.7 Å². The molecule has 0 spiro atoms. The molecule has 5 heteroatoms. The molecule has 2 rings (SSSR count). The molecule has 0 aliphatic heterocycles. The lowest BCUT2D eigenvalue weighted by atomic mass is 9.93. The Kier molecular flexibility index (Phi) is 7.29. The zero-order valence-corrected chi connectivity index (χ0v) is 14.7. The first-order chi connectivity index (χ1) is 12.2. The predicted octanol–water partition coefficient (Wildman–Crippen LogP) is 2.99. The number of aliphatic hydroxyl groups excluding tert-OH is 1. The van der Waals surface area contributed by atoms with Crippen molar-refractivity contribution in [1.82, 2.24) is 5.32 Å². The number of ether oxygens (including phenoxy) is 2. The third-order valence-electron chi connectivity index (χ3n) is 4.17. The number of amides is 1. The second-order valence-electron chi connectivity index (χ2n) is 5.71. The maximum absolute atomic E-state index is 12.5. The SMILES string of the molecule is COc1cccc(C(=O)NCCC(CCO)c2ccccc2)c1OC. The third kappa shape index (κ3) is 4.97. The van der Waals surface area contributed by atoms with Gasteiger partial charge in [0.15, 0.2) is 11.5 Å². The van der Waals surface area contributed by atoms with Crippen LogP contribution in [-0.2, 0) is 0 Å². The molecule has 0 heterocycles. The van der Waals surface area contributed by atoms with Crippen LogP contribution in [0, 0.1) is 0 Å². The van der Waals surface area contributed by atoms with Gasteiger partial charge in [0.1, 0.15) is 0 Å². The molecule has 0 saturated heterocycles. The normalized spacial score (nSPS) is 11.6. The van der Waals surface area contributed by atoms with Gasteiger partial charge >= 0.3 is 0 Å². The van der Waals surface area contributed by atoms with Gasteiger partial charge in [-0.15, -0.1) is 0 Å². The van der Waals surface area contributed by atoms with Gasteiger partial charge in [0.2, 0.25) is 0 Å². The van der Waals surface area contributed by atoms with E-state index in [4.69, 9.17) is 9.47 Å². The summed E-state index contributed by atoms with van der Waals surface area (Å²) in [6, 6.07) is 15.3. The van der Waals surface area contributed by atoms with Crippen LogP contribution >= 0.6 is 0 Å². The van der Waals surface area contributed by atoms with E-state index in [0.29, 0.717) is 30.0 Å². The summed E-state index contributed by atoms with van der Waals surface area (Å²) in [5, 5.41) is 12.2. The van der Waals surface area contributed by atoms with Gasteiger partial charge in [-0.05, 0) is 36.5 Å². The molecule has 1 atom stereocenters. The largest absolute Gasteiger partial charge is 0.493 e.